The molecule has 2 aliphatic rings. The molecule has 0 radical (unpaired) electrons. The smallest absolute Gasteiger partial charge is 0.242 e. The highest BCUT2D eigenvalue weighted by Gasteiger charge is 2.31. The third kappa shape index (κ3) is 5.26. The van der Waals surface area contributed by atoms with Gasteiger partial charge in [0, 0.05) is 32.2 Å². The maximum absolute atomic E-state index is 13.2. The van der Waals surface area contributed by atoms with Crippen LogP contribution in [0.25, 0.3) is 0 Å². The van der Waals surface area contributed by atoms with Gasteiger partial charge >= 0.3 is 0 Å². The van der Waals surface area contributed by atoms with Gasteiger partial charge in [-0.3, -0.25) is 14.4 Å². The zero-order valence-corrected chi connectivity index (χ0v) is 15.2. The summed E-state index contributed by atoms with van der Waals surface area (Å²) in [5, 5.41) is 5.66. The predicted molar refractivity (Wildman–Crippen MR) is 97.3 cm³/mol. The third-order valence-electron chi connectivity index (χ3n) is 5.01. The number of nitrogens with zero attached hydrogens (tertiary/aromatic N) is 2. The Kier molecular flexibility index (Phi) is 6.39. The first kappa shape index (κ1) is 19.3. The quantitative estimate of drug-likeness (QED) is 0.753. The van der Waals surface area contributed by atoms with Crippen LogP contribution in [-0.4, -0.2) is 72.8 Å². The molecule has 0 aromatic heterocycles. The maximum Gasteiger partial charge on any atom is 0.242 e. The minimum Gasteiger partial charge on any atom is -0.347 e. The van der Waals surface area contributed by atoms with Gasteiger partial charge in [-0.05, 0) is 30.5 Å². The van der Waals surface area contributed by atoms with Crippen LogP contribution in [0.3, 0.4) is 0 Å². The van der Waals surface area contributed by atoms with E-state index in [9.17, 15) is 18.8 Å². The number of benzene rings is 1. The van der Waals surface area contributed by atoms with Crippen molar-refractivity contribution in [2.24, 2.45) is 0 Å². The molecule has 1 atom stereocenters. The Bertz CT molecular complexity index is 712. The number of halogens is 1. The van der Waals surface area contributed by atoms with Crippen molar-refractivity contribution >= 4 is 17.7 Å². The Hall–Kier alpha value is -2.48. The van der Waals surface area contributed by atoms with Crippen LogP contribution in [0.5, 0.6) is 0 Å². The van der Waals surface area contributed by atoms with Crippen LogP contribution < -0.4 is 10.6 Å². The predicted octanol–water partition coefficient (Wildman–Crippen LogP) is -0.0928. The van der Waals surface area contributed by atoms with Crippen molar-refractivity contribution < 1.29 is 18.8 Å². The summed E-state index contributed by atoms with van der Waals surface area (Å²) >= 11 is 0. The average Bonchev–Trinajstić information content (AvgIpc) is 2.66. The van der Waals surface area contributed by atoms with Crippen LogP contribution in [0.4, 0.5) is 4.39 Å². The van der Waals surface area contributed by atoms with Gasteiger partial charge in [0.25, 0.3) is 0 Å². The SMILES string of the molecule is O=C(Cc1cccc(F)c1)NCC(=O)N1CCCC(N2CCNCC2=O)C1. The van der Waals surface area contributed by atoms with Gasteiger partial charge in [-0.15, -0.1) is 0 Å². The lowest BCUT2D eigenvalue weighted by Crippen LogP contribution is -2.58. The van der Waals surface area contributed by atoms with Crippen LogP contribution in [-0.2, 0) is 20.8 Å². The fraction of sp³-hybridized carbons (Fsp3) is 0.526. The fourth-order valence-corrected chi connectivity index (χ4v) is 3.62. The number of likely N-dealkylation sites (tertiary alicyclic amines) is 1. The van der Waals surface area contributed by atoms with E-state index in [1.165, 1.54) is 12.1 Å². The maximum atomic E-state index is 13.2. The van der Waals surface area contributed by atoms with Crippen LogP contribution in [0.15, 0.2) is 24.3 Å². The van der Waals surface area contributed by atoms with E-state index >= 15 is 0 Å². The minimum absolute atomic E-state index is 0.0307. The van der Waals surface area contributed by atoms with E-state index < -0.39 is 5.82 Å². The van der Waals surface area contributed by atoms with E-state index in [1.54, 1.807) is 17.0 Å². The molecule has 1 unspecified atom stereocenters. The van der Waals surface area contributed by atoms with Gasteiger partial charge in [0.1, 0.15) is 5.82 Å². The molecule has 146 valence electrons. The average molecular weight is 376 g/mol. The highest BCUT2D eigenvalue weighted by molar-refractivity contribution is 5.86. The number of amides is 3. The molecule has 0 aliphatic carbocycles. The number of rotatable bonds is 5. The molecule has 2 N–H and O–H groups in total. The number of carbonyl (C=O) groups excluding carboxylic acids is 3. The largest absolute Gasteiger partial charge is 0.347 e. The highest BCUT2D eigenvalue weighted by atomic mass is 19.1. The lowest BCUT2D eigenvalue weighted by molar-refractivity contribution is -0.140. The van der Waals surface area contributed by atoms with Crippen LogP contribution >= 0.6 is 0 Å². The van der Waals surface area contributed by atoms with Crippen molar-refractivity contribution in [2.75, 3.05) is 39.3 Å². The summed E-state index contributed by atoms with van der Waals surface area (Å²) in [5.41, 5.74) is 0.565. The van der Waals surface area contributed by atoms with E-state index in [2.05, 4.69) is 10.6 Å². The Morgan fingerprint density at radius 1 is 1.30 bits per heavy atom. The van der Waals surface area contributed by atoms with Crippen molar-refractivity contribution in [3.63, 3.8) is 0 Å². The second kappa shape index (κ2) is 8.94. The summed E-state index contributed by atoms with van der Waals surface area (Å²) in [5.74, 6) is -0.795. The van der Waals surface area contributed by atoms with Crippen molar-refractivity contribution in [3.8, 4) is 0 Å². The number of hydrogen-bond acceptors (Lipinski definition) is 4. The fourth-order valence-electron chi connectivity index (χ4n) is 3.62. The Morgan fingerprint density at radius 2 is 2.15 bits per heavy atom. The lowest BCUT2D eigenvalue weighted by Gasteiger charge is -2.41. The van der Waals surface area contributed by atoms with Crippen molar-refractivity contribution in [1.29, 1.82) is 0 Å². The molecular formula is C19H25FN4O3. The lowest BCUT2D eigenvalue weighted by atomic mass is 10.0. The molecule has 1 aromatic carbocycles. The second-order valence-corrected chi connectivity index (χ2v) is 6.98. The van der Waals surface area contributed by atoms with E-state index in [1.807, 2.05) is 4.90 Å². The molecule has 0 spiro atoms. The molecule has 0 bridgehead atoms. The van der Waals surface area contributed by atoms with Crippen LogP contribution in [0.1, 0.15) is 18.4 Å². The van der Waals surface area contributed by atoms with Crippen molar-refractivity contribution in [2.45, 2.75) is 25.3 Å². The number of piperazine rings is 1. The summed E-state index contributed by atoms with van der Waals surface area (Å²) < 4.78 is 13.2. The molecule has 1 aromatic rings. The van der Waals surface area contributed by atoms with Crippen molar-refractivity contribution in [3.05, 3.63) is 35.6 Å². The minimum atomic E-state index is -0.391. The molecule has 2 fully saturated rings. The molecular weight excluding hydrogens is 351 g/mol. The summed E-state index contributed by atoms with van der Waals surface area (Å²) in [6.45, 7) is 2.83. The third-order valence-corrected chi connectivity index (χ3v) is 5.01. The number of nitrogens with one attached hydrogen (secondary N) is 2. The van der Waals surface area contributed by atoms with Gasteiger partial charge in [-0.25, -0.2) is 4.39 Å². The zero-order chi connectivity index (χ0) is 19.2. The topological polar surface area (TPSA) is 81.8 Å². The molecule has 0 saturated carbocycles. The zero-order valence-electron chi connectivity index (χ0n) is 15.2. The van der Waals surface area contributed by atoms with Crippen molar-refractivity contribution in [1.82, 2.24) is 20.4 Å². The first-order valence-electron chi connectivity index (χ1n) is 9.32. The number of piperidine rings is 1. The van der Waals surface area contributed by atoms with Gasteiger partial charge in [-0.1, -0.05) is 12.1 Å². The van der Waals surface area contributed by atoms with Gasteiger partial charge in [0.15, 0.2) is 0 Å². The first-order chi connectivity index (χ1) is 13.0. The normalized spacial score (nSPS) is 20.5. The molecule has 27 heavy (non-hydrogen) atoms. The Morgan fingerprint density at radius 3 is 2.93 bits per heavy atom. The van der Waals surface area contributed by atoms with E-state index in [4.69, 9.17) is 0 Å². The molecule has 8 heteroatoms. The Labute approximate surface area is 157 Å². The number of hydrogen-bond donors (Lipinski definition) is 2. The molecule has 3 amide bonds. The van der Waals surface area contributed by atoms with E-state index in [0.29, 0.717) is 31.7 Å². The van der Waals surface area contributed by atoms with Crippen LogP contribution in [0, 0.1) is 5.82 Å². The summed E-state index contributed by atoms with van der Waals surface area (Å²) in [4.78, 5) is 40.1. The number of carbonyl (C=O) groups is 3. The van der Waals surface area contributed by atoms with Gasteiger partial charge in [0.05, 0.1) is 19.5 Å². The second-order valence-electron chi connectivity index (χ2n) is 6.98. The first-order valence-corrected chi connectivity index (χ1v) is 9.32. The summed E-state index contributed by atoms with van der Waals surface area (Å²) in [7, 11) is 0. The molecule has 2 saturated heterocycles. The van der Waals surface area contributed by atoms with Crippen LogP contribution in [0.2, 0.25) is 0 Å². The molecule has 2 heterocycles. The summed E-state index contributed by atoms with van der Waals surface area (Å²) in [6.07, 6.45) is 1.76. The van der Waals surface area contributed by atoms with E-state index in [0.717, 1.165) is 19.4 Å². The highest BCUT2D eigenvalue weighted by Crippen LogP contribution is 2.17. The molecule has 7 nitrogen and oxygen atoms in total. The standard InChI is InChI=1S/C19H25FN4O3/c20-15-4-1-3-14(9-15)10-17(25)22-12-18(26)23-7-2-5-16(13-23)24-8-6-21-11-19(24)27/h1,3-4,9,16,21H,2,5-8,10-13H2,(H,22,25). The monoisotopic (exact) mass is 376 g/mol. The van der Waals surface area contributed by atoms with Gasteiger partial charge < -0.3 is 20.4 Å². The molecule has 2 aliphatic heterocycles. The Balaban J connectivity index is 1.47. The molecule has 3 rings (SSSR count). The summed E-state index contributed by atoms with van der Waals surface area (Å²) in [6, 6.07) is 5.89. The van der Waals surface area contributed by atoms with Gasteiger partial charge in [0.2, 0.25) is 17.7 Å². The van der Waals surface area contributed by atoms with Gasteiger partial charge in [-0.2, -0.15) is 0 Å². The van der Waals surface area contributed by atoms with E-state index in [-0.39, 0.29) is 36.7 Å².